The molecule has 1 saturated heterocycles. The van der Waals surface area contributed by atoms with Gasteiger partial charge in [0.1, 0.15) is 5.37 Å². The van der Waals surface area contributed by atoms with Crippen molar-refractivity contribution in [3.63, 3.8) is 0 Å². The number of rotatable bonds is 2. The van der Waals surface area contributed by atoms with Crippen LogP contribution in [0.4, 0.5) is 4.79 Å². The lowest BCUT2D eigenvalue weighted by molar-refractivity contribution is -0.124. The maximum absolute atomic E-state index is 11.9. The van der Waals surface area contributed by atoms with E-state index in [2.05, 4.69) is 33.2 Å². The van der Waals surface area contributed by atoms with Crippen LogP contribution in [0, 0.1) is 3.57 Å². The third-order valence-corrected chi connectivity index (χ3v) is 4.48. The third kappa shape index (κ3) is 4.77. The van der Waals surface area contributed by atoms with Gasteiger partial charge in [0.15, 0.2) is 0 Å². The molecular weight excluding hydrogens is 403 g/mol. The van der Waals surface area contributed by atoms with Gasteiger partial charge in [-0.2, -0.15) is 0 Å². The summed E-state index contributed by atoms with van der Waals surface area (Å²) in [4.78, 5) is 23.6. The molecule has 2 rings (SSSR count). The topological polar surface area (TPSA) is 67.4 Å². The normalized spacial score (nSPS) is 21.8. The van der Waals surface area contributed by atoms with E-state index in [1.165, 1.54) is 11.8 Å². The minimum Gasteiger partial charge on any atom is -0.425 e. The van der Waals surface area contributed by atoms with Gasteiger partial charge in [0.05, 0.1) is 0 Å². The average molecular weight is 420 g/mol. The zero-order chi connectivity index (χ0) is 15.6. The quantitative estimate of drug-likeness (QED) is 0.723. The van der Waals surface area contributed by atoms with E-state index >= 15 is 0 Å². The van der Waals surface area contributed by atoms with Crippen molar-refractivity contribution in [1.29, 1.82) is 0 Å². The van der Waals surface area contributed by atoms with E-state index in [-0.39, 0.29) is 11.3 Å². The molecule has 0 saturated carbocycles. The van der Waals surface area contributed by atoms with Crippen molar-refractivity contribution in [2.24, 2.45) is 0 Å². The van der Waals surface area contributed by atoms with Gasteiger partial charge in [-0.3, -0.25) is 4.79 Å². The fourth-order valence-corrected chi connectivity index (χ4v) is 3.40. The molecule has 2 N–H and O–H groups in total. The number of benzene rings is 1. The molecule has 7 heteroatoms. The molecule has 5 nitrogen and oxygen atoms in total. The number of carbonyl (C=O) groups excluding carboxylic acids is 2. The van der Waals surface area contributed by atoms with Crippen LogP contribution < -0.4 is 10.6 Å². The molecule has 21 heavy (non-hydrogen) atoms. The van der Waals surface area contributed by atoms with E-state index < -0.39 is 17.1 Å². The standard InChI is InChI=1S/C14H17IN2O3S/c1-14(2,3)17-13(19)20-12-10(18)16-11(21-12)8-5-4-6-9(15)7-8/h4-7,11-12H,1-3H3,(H,16,18)(H,17,19). The first-order chi connectivity index (χ1) is 9.74. The average Bonchev–Trinajstić information content (AvgIpc) is 2.68. The molecule has 1 heterocycles. The van der Waals surface area contributed by atoms with Gasteiger partial charge in [-0.15, -0.1) is 0 Å². The van der Waals surface area contributed by atoms with Crippen LogP contribution in [0.5, 0.6) is 0 Å². The zero-order valence-corrected chi connectivity index (χ0v) is 14.9. The Hall–Kier alpha value is -0.960. The van der Waals surface area contributed by atoms with Crippen molar-refractivity contribution in [3.05, 3.63) is 33.4 Å². The Labute approximate surface area is 141 Å². The van der Waals surface area contributed by atoms with Crippen molar-refractivity contribution in [3.8, 4) is 0 Å². The van der Waals surface area contributed by atoms with E-state index in [4.69, 9.17) is 4.74 Å². The van der Waals surface area contributed by atoms with E-state index in [0.29, 0.717) is 0 Å². The molecule has 2 amide bonds. The molecule has 2 atom stereocenters. The fraction of sp³-hybridized carbons (Fsp3) is 0.429. The lowest BCUT2D eigenvalue weighted by Gasteiger charge is -2.21. The van der Waals surface area contributed by atoms with Crippen LogP contribution in [-0.4, -0.2) is 23.0 Å². The molecule has 1 aliphatic heterocycles. The van der Waals surface area contributed by atoms with E-state index in [1.54, 1.807) is 0 Å². The number of hydrogen-bond acceptors (Lipinski definition) is 4. The molecule has 1 aromatic rings. The summed E-state index contributed by atoms with van der Waals surface area (Å²) < 4.78 is 6.27. The largest absolute Gasteiger partial charge is 0.425 e. The molecule has 0 aromatic heterocycles. The summed E-state index contributed by atoms with van der Waals surface area (Å²) in [5.41, 5.74) is -0.232. The van der Waals surface area contributed by atoms with Crippen LogP contribution in [0.3, 0.4) is 0 Å². The van der Waals surface area contributed by atoms with Gasteiger partial charge in [-0.25, -0.2) is 4.79 Å². The third-order valence-electron chi connectivity index (χ3n) is 2.59. The van der Waals surface area contributed by atoms with Crippen molar-refractivity contribution in [1.82, 2.24) is 10.6 Å². The predicted molar refractivity (Wildman–Crippen MR) is 90.8 cm³/mol. The summed E-state index contributed by atoms with van der Waals surface area (Å²) in [5, 5.41) is 5.31. The molecule has 1 aliphatic rings. The van der Waals surface area contributed by atoms with Gasteiger partial charge in [-0.05, 0) is 61.1 Å². The lowest BCUT2D eigenvalue weighted by Crippen LogP contribution is -2.43. The monoisotopic (exact) mass is 420 g/mol. The van der Waals surface area contributed by atoms with Crippen molar-refractivity contribution in [2.75, 3.05) is 0 Å². The summed E-state index contributed by atoms with van der Waals surface area (Å²) >= 11 is 3.51. The van der Waals surface area contributed by atoms with Crippen LogP contribution in [0.1, 0.15) is 31.7 Å². The lowest BCUT2D eigenvalue weighted by atomic mass is 10.1. The van der Waals surface area contributed by atoms with Gasteiger partial charge < -0.3 is 15.4 Å². The maximum atomic E-state index is 11.9. The Bertz CT molecular complexity index is 559. The number of carbonyl (C=O) groups is 2. The Morgan fingerprint density at radius 1 is 1.43 bits per heavy atom. The number of amides is 2. The minimum absolute atomic E-state index is 0.195. The molecule has 0 bridgehead atoms. The molecule has 1 fully saturated rings. The summed E-state index contributed by atoms with van der Waals surface area (Å²) in [6, 6.07) is 7.86. The van der Waals surface area contributed by atoms with E-state index in [0.717, 1.165) is 9.13 Å². The van der Waals surface area contributed by atoms with Crippen molar-refractivity contribution >= 4 is 46.4 Å². The van der Waals surface area contributed by atoms with Gasteiger partial charge in [0, 0.05) is 9.11 Å². The van der Waals surface area contributed by atoms with E-state index in [9.17, 15) is 9.59 Å². The van der Waals surface area contributed by atoms with E-state index in [1.807, 2.05) is 45.0 Å². The van der Waals surface area contributed by atoms with Crippen molar-refractivity contribution < 1.29 is 14.3 Å². The Morgan fingerprint density at radius 2 is 2.14 bits per heavy atom. The number of ether oxygens (including phenoxy) is 1. The van der Waals surface area contributed by atoms with Crippen LogP contribution in [-0.2, 0) is 9.53 Å². The smallest absolute Gasteiger partial charge is 0.409 e. The second-order valence-electron chi connectivity index (χ2n) is 5.69. The number of halogens is 1. The van der Waals surface area contributed by atoms with Gasteiger partial charge in [0.25, 0.3) is 5.91 Å². The van der Waals surface area contributed by atoms with Gasteiger partial charge in [-0.1, -0.05) is 23.9 Å². The summed E-state index contributed by atoms with van der Waals surface area (Å²) in [5.74, 6) is -0.284. The SMILES string of the molecule is CC(C)(C)NC(=O)OC1SC(c2cccc(I)c2)NC1=O. The second kappa shape index (κ2) is 6.43. The van der Waals surface area contributed by atoms with Gasteiger partial charge in [0.2, 0.25) is 5.44 Å². The molecule has 0 spiro atoms. The first-order valence-electron chi connectivity index (χ1n) is 6.45. The highest BCUT2D eigenvalue weighted by atomic mass is 127. The number of thioether (sulfide) groups is 1. The molecule has 0 radical (unpaired) electrons. The molecule has 114 valence electrons. The highest BCUT2D eigenvalue weighted by Crippen LogP contribution is 2.36. The minimum atomic E-state index is -0.824. The summed E-state index contributed by atoms with van der Waals surface area (Å²) in [7, 11) is 0. The summed E-state index contributed by atoms with van der Waals surface area (Å²) in [6.07, 6.45) is -0.585. The molecule has 0 aliphatic carbocycles. The highest BCUT2D eigenvalue weighted by molar-refractivity contribution is 14.1. The predicted octanol–water partition coefficient (Wildman–Crippen LogP) is 3.00. The Kier molecular flexibility index (Phi) is 5.03. The van der Waals surface area contributed by atoms with Crippen LogP contribution in [0.2, 0.25) is 0 Å². The Morgan fingerprint density at radius 3 is 2.76 bits per heavy atom. The first kappa shape index (κ1) is 16.4. The second-order valence-corrected chi connectivity index (χ2v) is 8.11. The van der Waals surface area contributed by atoms with Crippen LogP contribution in [0.25, 0.3) is 0 Å². The van der Waals surface area contributed by atoms with Crippen molar-refractivity contribution in [2.45, 2.75) is 37.1 Å². The summed E-state index contributed by atoms with van der Waals surface area (Å²) in [6.45, 7) is 5.56. The van der Waals surface area contributed by atoms with Gasteiger partial charge >= 0.3 is 6.09 Å². The molecule has 1 aromatic carbocycles. The van der Waals surface area contributed by atoms with Crippen LogP contribution in [0.15, 0.2) is 24.3 Å². The highest BCUT2D eigenvalue weighted by Gasteiger charge is 2.37. The molecule has 2 unspecified atom stereocenters. The number of alkyl carbamates (subject to hydrolysis) is 1. The fourth-order valence-electron chi connectivity index (χ4n) is 1.76. The zero-order valence-electron chi connectivity index (χ0n) is 12.0. The maximum Gasteiger partial charge on any atom is 0.409 e. The molecular formula is C14H17IN2O3S. The number of hydrogen-bond donors (Lipinski definition) is 2. The Balaban J connectivity index is 1.98. The number of nitrogens with one attached hydrogen (secondary N) is 2. The van der Waals surface area contributed by atoms with Crippen LogP contribution >= 0.6 is 34.4 Å². The first-order valence-corrected chi connectivity index (χ1v) is 8.47.